The van der Waals surface area contributed by atoms with Gasteiger partial charge in [-0.2, -0.15) is 0 Å². The van der Waals surface area contributed by atoms with Gasteiger partial charge in [0.05, 0.1) is 38.6 Å². The number of methoxy groups -OCH3 is 2. The Morgan fingerprint density at radius 3 is 2.38 bits per heavy atom. The monoisotopic (exact) mass is 539 g/mol. The van der Waals surface area contributed by atoms with Crippen LogP contribution in [0.2, 0.25) is 0 Å². The zero-order chi connectivity index (χ0) is 28.2. The number of amides is 1. The molecule has 0 spiro atoms. The molecule has 40 heavy (non-hydrogen) atoms. The zero-order valence-corrected chi connectivity index (χ0v) is 22.4. The molecule has 8 heteroatoms. The quantitative estimate of drug-likeness (QED) is 0.163. The lowest BCUT2D eigenvalue weighted by Crippen LogP contribution is -2.29. The summed E-state index contributed by atoms with van der Waals surface area (Å²) >= 11 is 0. The number of aryl methyl sites for hydroxylation is 1. The number of aliphatic hydroxyl groups is 1. The molecule has 1 fully saturated rings. The summed E-state index contributed by atoms with van der Waals surface area (Å²) < 4.78 is 22.2. The maximum Gasteiger partial charge on any atom is 0.296 e. The number of rotatable bonds is 9. The Balaban J connectivity index is 1.50. The summed E-state index contributed by atoms with van der Waals surface area (Å²) in [6.07, 6.45) is 1.50. The van der Waals surface area contributed by atoms with Crippen molar-refractivity contribution in [2.75, 3.05) is 14.2 Å². The van der Waals surface area contributed by atoms with Crippen molar-refractivity contribution in [1.82, 2.24) is 4.90 Å². The number of nitrogens with zero attached hydrogens (tertiary/aromatic N) is 1. The van der Waals surface area contributed by atoms with Crippen molar-refractivity contribution in [3.63, 3.8) is 0 Å². The summed E-state index contributed by atoms with van der Waals surface area (Å²) in [7, 11) is 3.03. The molecule has 1 saturated heterocycles. The molecule has 1 aromatic heterocycles. The van der Waals surface area contributed by atoms with E-state index in [4.69, 9.17) is 18.6 Å². The van der Waals surface area contributed by atoms with Gasteiger partial charge in [-0.25, -0.2) is 0 Å². The van der Waals surface area contributed by atoms with Gasteiger partial charge in [-0.1, -0.05) is 35.9 Å². The minimum absolute atomic E-state index is 0.0304. The highest BCUT2D eigenvalue weighted by Gasteiger charge is 2.46. The van der Waals surface area contributed by atoms with Crippen molar-refractivity contribution in [2.24, 2.45) is 0 Å². The Bertz CT molecular complexity index is 1550. The van der Waals surface area contributed by atoms with E-state index in [1.54, 1.807) is 54.6 Å². The van der Waals surface area contributed by atoms with Crippen LogP contribution in [0.15, 0.2) is 95.1 Å². The van der Waals surface area contributed by atoms with Crippen molar-refractivity contribution in [2.45, 2.75) is 26.1 Å². The number of hydrogen-bond donors (Lipinski definition) is 1. The first-order valence-corrected chi connectivity index (χ1v) is 12.7. The molecule has 1 atom stereocenters. The van der Waals surface area contributed by atoms with Crippen molar-refractivity contribution < 1.29 is 33.3 Å². The molecule has 0 aliphatic carbocycles. The molecule has 0 radical (unpaired) electrons. The van der Waals surface area contributed by atoms with Crippen LogP contribution in [0.3, 0.4) is 0 Å². The molecule has 0 saturated carbocycles. The Kier molecular flexibility index (Phi) is 7.59. The van der Waals surface area contributed by atoms with Crippen LogP contribution in [-0.2, 0) is 22.7 Å². The Labute approximate surface area is 232 Å². The molecule has 2 heterocycles. The Morgan fingerprint density at radius 1 is 0.925 bits per heavy atom. The zero-order valence-electron chi connectivity index (χ0n) is 22.4. The number of hydrogen-bond acceptors (Lipinski definition) is 7. The molecule has 1 N–H and O–H groups in total. The predicted molar refractivity (Wildman–Crippen MR) is 148 cm³/mol. The summed E-state index contributed by atoms with van der Waals surface area (Å²) in [4.78, 5) is 28.0. The fraction of sp³-hybridized carbons (Fsp3) is 0.188. The topological polar surface area (TPSA) is 98.4 Å². The largest absolute Gasteiger partial charge is 0.507 e. The second-order valence-electron chi connectivity index (χ2n) is 9.42. The van der Waals surface area contributed by atoms with E-state index < -0.39 is 17.7 Å². The van der Waals surface area contributed by atoms with E-state index in [1.807, 2.05) is 25.1 Å². The fourth-order valence-corrected chi connectivity index (χ4v) is 4.82. The van der Waals surface area contributed by atoms with Crippen LogP contribution in [0.4, 0.5) is 0 Å². The van der Waals surface area contributed by atoms with Gasteiger partial charge in [0.15, 0.2) is 11.5 Å². The van der Waals surface area contributed by atoms with E-state index in [2.05, 4.69) is 6.07 Å². The molecule has 1 aliphatic rings. The number of ether oxygens (including phenoxy) is 3. The fourth-order valence-electron chi connectivity index (χ4n) is 4.82. The third-order valence-corrected chi connectivity index (χ3v) is 6.79. The number of furan rings is 1. The summed E-state index contributed by atoms with van der Waals surface area (Å²) in [5, 5.41) is 11.4. The molecule has 1 amide bonds. The highest BCUT2D eigenvalue weighted by Crippen LogP contribution is 2.42. The van der Waals surface area contributed by atoms with Crippen molar-refractivity contribution in [3.8, 4) is 17.2 Å². The molecule has 0 unspecified atom stereocenters. The second kappa shape index (κ2) is 11.4. The molecule has 0 bridgehead atoms. The lowest BCUT2D eigenvalue weighted by atomic mass is 9.95. The third-order valence-electron chi connectivity index (χ3n) is 6.79. The first-order chi connectivity index (χ1) is 19.4. The first-order valence-electron chi connectivity index (χ1n) is 12.7. The summed E-state index contributed by atoms with van der Waals surface area (Å²) in [5.74, 6) is 0.217. The number of Topliss-reactive ketones (excluding diaryl/α,β-unsaturated/α-hetero) is 1. The highest BCUT2D eigenvalue weighted by molar-refractivity contribution is 6.46. The van der Waals surface area contributed by atoms with Crippen LogP contribution in [0.25, 0.3) is 5.76 Å². The Morgan fingerprint density at radius 2 is 1.70 bits per heavy atom. The lowest BCUT2D eigenvalue weighted by Gasteiger charge is -2.25. The van der Waals surface area contributed by atoms with Gasteiger partial charge >= 0.3 is 0 Å². The van der Waals surface area contributed by atoms with Gasteiger partial charge in [0.1, 0.15) is 23.9 Å². The normalized spacial score (nSPS) is 16.3. The molecular weight excluding hydrogens is 510 g/mol. The van der Waals surface area contributed by atoms with Crippen molar-refractivity contribution >= 4 is 17.4 Å². The maximum atomic E-state index is 13.4. The number of ketones is 1. The van der Waals surface area contributed by atoms with Gasteiger partial charge in [0.25, 0.3) is 11.7 Å². The van der Waals surface area contributed by atoms with E-state index in [9.17, 15) is 14.7 Å². The standard InChI is InChI=1S/C32H29NO7/c1-20-6-4-7-21(16-20)19-40-24-12-9-22(10-13-24)30(34)28-29(23-11-14-26(37-2)27(17-23)38-3)33(32(36)31(28)35)18-25-8-5-15-39-25/h4-17,29,34H,18-19H2,1-3H3/t29-/m0/s1. The van der Waals surface area contributed by atoms with E-state index in [0.717, 1.165) is 11.1 Å². The van der Waals surface area contributed by atoms with Gasteiger partial charge < -0.3 is 28.6 Å². The molecule has 5 rings (SSSR count). The van der Waals surface area contributed by atoms with E-state index in [0.29, 0.717) is 40.7 Å². The van der Waals surface area contributed by atoms with Gasteiger partial charge in [-0.15, -0.1) is 0 Å². The minimum atomic E-state index is -0.887. The van der Waals surface area contributed by atoms with Gasteiger partial charge in [0.2, 0.25) is 0 Å². The predicted octanol–water partition coefficient (Wildman–Crippen LogP) is 5.81. The van der Waals surface area contributed by atoms with Crippen LogP contribution in [-0.4, -0.2) is 35.9 Å². The van der Waals surface area contributed by atoms with Gasteiger partial charge in [-0.3, -0.25) is 9.59 Å². The van der Waals surface area contributed by atoms with Crippen LogP contribution < -0.4 is 14.2 Å². The van der Waals surface area contributed by atoms with Crippen molar-refractivity contribution in [1.29, 1.82) is 0 Å². The number of benzene rings is 3. The minimum Gasteiger partial charge on any atom is -0.507 e. The summed E-state index contributed by atoms with van der Waals surface area (Å²) in [5.41, 5.74) is 3.11. The van der Waals surface area contributed by atoms with Crippen LogP contribution in [0, 0.1) is 6.92 Å². The molecule has 204 valence electrons. The van der Waals surface area contributed by atoms with Gasteiger partial charge in [-0.05, 0) is 66.6 Å². The molecule has 4 aromatic rings. The third kappa shape index (κ3) is 5.29. The molecule has 8 nitrogen and oxygen atoms in total. The van der Waals surface area contributed by atoms with E-state index in [-0.39, 0.29) is 17.9 Å². The average molecular weight is 540 g/mol. The highest BCUT2D eigenvalue weighted by atomic mass is 16.5. The lowest BCUT2D eigenvalue weighted by molar-refractivity contribution is -0.140. The van der Waals surface area contributed by atoms with Crippen LogP contribution in [0.1, 0.15) is 34.1 Å². The van der Waals surface area contributed by atoms with Crippen LogP contribution >= 0.6 is 0 Å². The molecular formula is C32H29NO7. The number of carbonyl (C=O) groups is 2. The summed E-state index contributed by atoms with van der Waals surface area (Å²) in [6, 6.07) is 22.5. The number of carbonyl (C=O) groups excluding carboxylic acids is 2. The molecule has 3 aromatic carbocycles. The SMILES string of the molecule is COc1ccc([C@H]2C(=C(O)c3ccc(OCc4cccc(C)c4)cc3)C(=O)C(=O)N2Cc2ccco2)cc1OC. The Hall–Kier alpha value is -4.98. The summed E-state index contributed by atoms with van der Waals surface area (Å²) in [6.45, 7) is 2.46. The average Bonchev–Trinajstić information content (AvgIpc) is 3.58. The molecule has 1 aliphatic heterocycles. The smallest absolute Gasteiger partial charge is 0.296 e. The van der Waals surface area contributed by atoms with E-state index in [1.165, 1.54) is 25.4 Å². The first kappa shape index (κ1) is 26.6. The maximum absolute atomic E-state index is 13.4. The van der Waals surface area contributed by atoms with E-state index >= 15 is 0 Å². The van der Waals surface area contributed by atoms with Crippen LogP contribution in [0.5, 0.6) is 17.2 Å². The number of likely N-dealkylation sites (tertiary alicyclic amines) is 1. The number of aliphatic hydroxyl groups excluding tert-OH is 1. The van der Waals surface area contributed by atoms with Gasteiger partial charge in [0, 0.05) is 5.56 Å². The second-order valence-corrected chi connectivity index (χ2v) is 9.42. The van der Waals surface area contributed by atoms with Crippen molar-refractivity contribution in [3.05, 3.63) is 119 Å².